The Morgan fingerprint density at radius 2 is 0.714 bits per heavy atom. The van der Waals surface area contributed by atoms with Crippen molar-refractivity contribution >= 4 is 11.9 Å². The standard InChI is InChI=1S/C64H121NO5/c1-3-5-7-9-11-13-15-17-19-24-28-32-36-40-44-48-52-56-62(67)61(60-66)65-63(68)57-53-49-45-41-37-33-29-26-22-21-23-27-31-35-39-43-47-51-55-59-70-64(69)58-54-50-46-42-38-34-30-25-20-18-16-14-12-10-8-6-4-2/h12,14,18,20,52,56,61-62,66-67H,3-11,13,15-17,19,21-51,53-55,57-60H2,1-2H3,(H,65,68)/b14-12-,20-18-,56-52+. The Balaban J connectivity index is 3.42. The summed E-state index contributed by atoms with van der Waals surface area (Å²) in [4.78, 5) is 24.6. The van der Waals surface area contributed by atoms with Crippen molar-refractivity contribution in [2.75, 3.05) is 13.2 Å². The van der Waals surface area contributed by atoms with Crippen molar-refractivity contribution in [3.8, 4) is 0 Å². The first-order valence-electron chi connectivity index (χ1n) is 31.3. The Bertz CT molecular complexity index is 1130. The average molecular weight is 985 g/mol. The Morgan fingerprint density at radius 3 is 1.11 bits per heavy atom. The van der Waals surface area contributed by atoms with Crippen LogP contribution in [0, 0.1) is 0 Å². The van der Waals surface area contributed by atoms with Crippen LogP contribution in [0.25, 0.3) is 0 Å². The second kappa shape index (κ2) is 59.6. The lowest BCUT2D eigenvalue weighted by Gasteiger charge is -2.20. The Kier molecular flexibility index (Phi) is 58.0. The third kappa shape index (κ3) is 55.4. The summed E-state index contributed by atoms with van der Waals surface area (Å²) in [5.74, 6) is -0.0685. The predicted octanol–water partition coefficient (Wildman–Crippen LogP) is 19.6. The van der Waals surface area contributed by atoms with Crippen LogP contribution in [-0.4, -0.2) is 47.4 Å². The maximum Gasteiger partial charge on any atom is 0.305 e. The summed E-state index contributed by atoms with van der Waals surface area (Å²) in [6, 6.07) is -0.631. The van der Waals surface area contributed by atoms with Gasteiger partial charge in [-0.2, -0.15) is 0 Å². The van der Waals surface area contributed by atoms with Crippen molar-refractivity contribution in [2.45, 2.75) is 347 Å². The third-order valence-electron chi connectivity index (χ3n) is 14.4. The van der Waals surface area contributed by atoms with Gasteiger partial charge in [-0.25, -0.2) is 0 Å². The van der Waals surface area contributed by atoms with Crippen LogP contribution < -0.4 is 5.32 Å². The molecule has 0 radical (unpaired) electrons. The quantitative estimate of drug-likeness (QED) is 0.0321. The molecule has 0 aliphatic rings. The molecule has 0 rings (SSSR count). The molecule has 0 bridgehead atoms. The summed E-state index contributed by atoms with van der Waals surface area (Å²) in [7, 11) is 0. The minimum atomic E-state index is -0.847. The zero-order valence-corrected chi connectivity index (χ0v) is 47.0. The van der Waals surface area contributed by atoms with Crippen LogP contribution in [-0.2, 0) is 14.3 Å². The molecular formula is C64H121NO5. The van der Waals surface area contributed by atoms with Crippen LogP contribution in [0.15, 0.2) is 36.5 Å². The zero-order chi connectivity index (χ0) is 50.7. The molecule has 2 unspecified atom stereocenters. The monoisotopic (exact) mass is 984 g/mol. The fourth-order valence-electron chi connectivity index (χ4n) is 9.61. The number of ether oxygens (including phenoxy) is 1. The highest BCUT2D eigenvalue weighted by Gasteiger charge is 2.18. The van der Waals surface area contributed by atoms with Crippen LogP contribution in [0.2, 0.25) is 0 Å². The van der Waals surface area contributed by atoms with Gasteiger partial charge in [0.05, 0.1) is 25.4 Å². The van der Waals surface area contributed by atoms with Gasteiger partial charge in [0.1, 0.15) is 0 Å². The Morgan fingerprint density at radius 1 is 0.400 bits per heavy atom. The van der Waals surface area contributed by atoms with Crippen LogP contribution >= 0.6 is 0 Å². The van der Waals surface area contributed by atoms with Crippen LogP contribution in [0.5, 0.6) is 0 Å². The van der Waals surface area contributed by atoms with Gasteiger partial charge in [0.25, 0.3) is 0 Å². The van der Waals surface area contributed by atoms with Gasteiger partial charge in [0.15, 0.2) is 0 Å². The number of carbonyl (C=O) groups is 2. The largest absolute Gasteiger partial charge is 0.466 e. The number of unbranched alkanes of at least 4 members (excludes halogenated alkanes) is 43. The molecule has 0 aromatic rings. The highest BCUT2D eigenvalue weighted by molar-refractivity contribution is 5.76. The van der Waals surface area contributed by atoms with Gasteiger partial charge in [0, 0.05) is 12.8 Å². The highest BCUT2D eigenvalue weighted by atomic mass is 16.5. The molecule has 1 amide bonds. The molecule has 3 N–H and O–H groups in total. The van der Waals surface area contributed by atoms with Crippen molar-refractivity contribution in [3.63, 3.8) is 0 Å². The molecule has 0 aliphatic heterocycles. The molecule has 412 valence electrons. The second-order valence-electron chi connectivity index (χ2n) is 21.4. The van der Waals surface area contributed by atoms with Crippen LogP contribution in [0.3, 0.4) is 0 Å². The highest BCUT2D eigenvalue weighted by Crippen LogP contribution is 2.17. The van der Waals surface area contributed by atoms with Gasteiger partial charge >= 0.3 is 5.97 Å². The fraction of sp³-hybridized carbons (Fsp3) is 0.875. The van der Waals surface area contributed by atoms with E-state index in [1.165, 1.54) is 257 Å². The number of rotatable bonds is 58. The van der Waals surface area contributed by atoms with Gasteiger partial charge in [-0.15, -0.1) is 0 Å². The molecule has 0 aromatic heterocycles. The topological polar surface area (TPSA) is 95.9 Å². The summed E-state index contributed by atoms with van der Waals surface area (Å²) in [5, 5.41) is 23.2. The van der Waals surface area contributed by atoms with Crippen molar-refractivity contribution in [2.24, 2.45) is 0 Å². The molecule has 2 atom stereocenters. The van der Waals surface area contributed by atoms with E-state index in [0.29, 0.717) is 19.4 Å². The number of carbonyl (C=O) groups excluding carboxylic acids is 2. The van der Waals surface area contributed by atoms with Gasteiger partial charge < -0.3 is 20.3 Å². The molecule has 0 aliphatic carbocycles. The summed E-state index contributed by atoms with van der Waals surface area (Å²) in [6.45, 7) is 4.89. The van der Waals surface area contributed by atoms with E-state index in [-0.39, 0.29) is 18.5 Å². The lowest BCUT2D eigenvalue weighted by Crippen LogP contribution is -2.45. The predicted molar refractivity (Wildman–Crippen MR) is 306 cm³/mol. The maximum atomic E-state index is 12.5. The van der Waals surface area contributed by atoms with E-state index < -0.39 is 12.1 Å². The third-order valence-corrected chi connectivity index (χ3v) is 14.4. The number of amides is 1. The first-order valence-corrected chi connectivity index (χ1v) is 31.3. The molecule has 6 heteroatoms. The molecular weight excluding hydrogens is 863 g/mol. The first-order chi connectivity index (χ1) is 34.5. The van der Waals surface area contributed by atoms with E-state index in [9.17, 15) is 19.8 Å². The number of aliphatic hydroxyl groups excluding tert-OH is 2. The van der Waals surface area contributed by atoms with Crippen molar-refractivity contribution in [1.82, 2.24) is 5.32 Å². The van der Waals surface area contributed by atoms with Crippen molar-refractivity contribution in [1.29, 1.82) is 0 Å². The summed E-state index contributed by atoms with van der Waals surface area (Å²) < 4.78 is 5.49. The second-order valence-corrected chi connectivity index (χ2v) is 21.4. The molecule has 0 aromatic carbocycles. The number of esters is 1. The minimum absolute atomic E-state index is 0.000729. The van der Waals surface area contributed by atoms with Gasteiger partial charge in [0.2, 0.25) is 5.91 Å². The first kappa shape index (κ1) is 68.1. The number of nitrogens with one attached hydrogen (secondary N) is 1. The fourth-order valence-corrected chi connectivity index (χ4v) is 9.61. The van der Waals surface area contributed by atoms with Crippen molar-refractivity contribution < 1.29 is 24.5 Å². The zero-order valence-electron chi connectivity index (χ0n) is 47.0. The van der Waals surface area contributed by atoms with E-state index in [2.05, 4.69) is 43.5 Å². The van der Waals surface area contributed by atoms with Gasteiger partial charge in [-0.1, -0.05) is 294 Å². The van der Waals surface area contributed by atoms with E-state index in [1.807, 2.05) is 6.08 Å². The SMILES string of the molecule is CCCCC/C=C\C/C=C\CCCCCCCCCC(=O)OCCCCCCCCCCCCCCCCCCCCCC(=O)NC(CO)C(O)/C=C/CCCCCCCCCCCCCCCCC. The summed E-state index contributed by atoms with van der Waals surface area (Å²) in [6.07, 6.45) is 74.6. The lowest BCUT2D eigenvalue weighted by atomic mass is 10.0. The number of allylic oxidation sites excluding steroid dienone is 5. The number of hydrogen-bond donors (Lipinski definition) is 3. The molecule has 0 fully saturated rings. The van der Waals surface area contributed by atoms with E-state index >= 15 is 0 Å². The molecule has 0 saturated carbocycles. The van der Waals surface area contributed by atoms with E-state index in [0.717, 1.165) is 51.4 Å². The van der Waals surface area contributed by atoms with Gasteiger partial charge in [-0.05, 0) is 64.2 Å². The summed E-state index contributed by atoms with van der Waals surface area (Å²) >= 11 is 0. The smallest absolute Gasteiger partial charge is 0.305 e. The number of aliphatic hydroxyl groups is 2. The molecule has 0 spiro atoms. The molecule has 0 saturated heterocycles. The van der Waals surface area contributed by atoms with Crippen LogP contribution in [0.1, 0.15) is 335 Å². The van der Waals surface area contributed by atoms with Gasteiger partial charge in [-0.3, -0.25) is 9.59 Å². The molecule has 70 heavy (non-hydrogen) atoms. The molecule has 0 heterocycles. The Hall–Kier alpha value is -1.92. The lowest BCUT2D eigenvalue weighted by molar-refractivity contribution is -0.143. The summed E-state index contributed by atoms with van der Waals surface area (Å²) in [5.41, 5.74) is 0. The average Bonchev–Trinajstić information content (AvgIpc) is 3.36. The van der Waals surface area contributed by atoms with Crippen LogP contribution in [0.4, 0.5) is 0 Å². The normalized spacial score (nSPS) is 12.8. The maximum absolute atomic E-state index is 12.5. The molecule has 6 nitrogen and oxygen atoms in total. The van der Waals surface area contributed by atoms with E-state index in [1.54, 1.807) is 6.08 Å². The number of hydrogen-bond acceptors (Lipinski definition) is 5. The minimum Gasteiger partial charge on any atom is -0.466 e. The van der Waals surface area contributed by atoms with E-state index in [4.69, 9.17) is 4.74 Å². The van der Waals surface area contributed by atoms with Crippen molar-refractivity contribution in [3.05, 3.63) is 36.5 Å². The Labute approximate surface area is 436 Å².